The van der Waals surface area contributed by atoms with E-state index in [4.69, 9.17) is 14.2 Å². The number of rotatable bonds is 8. The Bertz CT molecular complexity index is 425. The largest absolute Gasteiger partial charge is 0.493 e. The van der Waals surface area contributed by atoms with Gasteiger partial charge >= 0.3 is 0 Å². The third-order valence-corrected chi connectivity index (χ3v) is 4.03. The molecule has 1 aromatic carbocycles. The maximum atomic E-state index is 5.45. The molecule has 0 spiro atoms. The van der Waals surface area contributed by atoms with Gasteiger partial charge < -0.3 is 14.2 Å². The number of hydrogen-bond donors (Lipinski definition) is 0. The zero-order valence-electron chi connectivity index (χ0n) is 14.6. The van der Waals surface area contributed by atoms with Gasteiger partial charge in [0.25, 0.3) is 0 Å². The topological polar surface area (TPSA) is 27.7 Å². The molecule has 1 rings (SSSR count). The van der Waals surface area contributed by atoms with Crippen LogP contribution in [0.25, 0.3) is 0 Å². The van der Waals surface area contributed by atoms with Gasteiger partial charge in [-0.1, -0.05) is 40.5 Å². The van der Waals surface area contributed by atoms with Crippen LogP contribution in [0.5, 0.6) is 17.2 Å². The Morgan fingerprint density at radius 1 is 0.952 bits per heavy atom. The molecule has 3 heteroatoms. The van der Waals surface area contributed by atoms with Gasteiger partial charge in [0.1, 0.15) is 0 Å². The second-order valence-corrected chi connectivity index (χ2v) is 6.58. The molecular weight excluding hydrogens is 264 g/mol. The lowest BCUT2D eigenvalue weighted by atomic mass is 9.79. The second kappa shape index (κ2) is 7.58. The predicted octanol–water partition coefficient (Wildman–Crippen LogP) is 4.82. The van der Waals surface area contributed by atoms with Crippen LogP contribution < -0.4 is 14.2 Å². The maximum Gasteiger partial charge on any atom is 0.203 e. The van der Waals surface area contributed by atoms with Gasteiger partial charge in [0, 0.05) is 0 Å². The van der Waals surface area contributed by atoms with E-state index in [1.54, 1.807) is 21.3 Å². The molecule has 21 heavy (non-hydrogen) atoms. The van der Waals surface area contributed by atoms with E-state index in [9.17, 15) is 0 Å². The molecule has 1 aromatic rings. The smallest absolute Gasteiger partial charge is 0.203 e. The summed E-state index contributed by atoms with van der Waals surface area (Å²) in [6.07, 6.45) is 3.62. The summed E-state index contributed by atoms with van der Waals surface area (Å²) in [5.74, 6) is 2.86. The Kier molecular flexibility index (Phi) is 6.38. The molecule has 120 valence electrons. The van der Waals surface area contributed by atoms with Crippen LogP contribution in [0.1, 0.15) is 52.5 Å². The van der Waals surface area contributed by atoms with E-state index >= 15 is 0 Å². The normalized spacial score (nSPS) is 11.6. The van der Waals surface area contributed by atoms with Crippen LogP contribution in [0.2, 0.25) is 0 Å². The van der Waals surface area contributed by atoms with Crippen molar-refractivity contribution in [1.82, 2.24) is 0 Å². The van der Waals surface area contributed by atoms with Gasteiger partial charge in [0.2, 0.25) is 5.75 Å². The van der Waals surface area contributed by atoms with Crippen LogP contribution in [-0.2, 0) is 5.41 Å². The third-order valence-electron chi connectivity index (χ3n) is 4.03. The summed E-state index contributed by atoms with van der Waals surface area (Å²) in [5.41, 5.74) is 1.31. The van der Waals surface area contributed by atoms with E-state index in [1.807, 2.05) is 0 Å². The van der Waals surface area contributed by atoms with E-state index in [1.165, 1.54) is 18.4 Å². The molecule has 0 atom stereocenters. The zero-order valence-corrected chi connectivity index (χ0v) is 14.6. The molecule has 0 amide bonds. The minimum Gasteiger partial charge on any atom is -0.493 e. The predicted molar refractivity (Wildman–Crippen MR) is 87.8 cm³/mol. The third kappa shape index (κ3) is 4.55. The highest BCUT2D eigenvalue weighted by Crippen LogP contribution is 2.42. The molecule has 0 aliphatic rings. The zero-order chi connectivity index (χ0) is 16.0. The van der Waals surface area contributed by atoms with Crippen molar-refractivity contribution in [2.24, 2.45) is 5.92 Å². The second-order valence-electron chi connectivity index (χ2n) is 6.58. The molecule has 0 aromatic heterocycles. The van der Waals surface area contributed by atoms with Gasteiger partial charge in [0.15, 0.2) is 11.5 Å². The van der Waals surface area contributed by atoms with Gasteiger partial charge in [-0.05, 0) is 35.4 Å². The van der Waals surface area contributed by atoms with Crippen molar-refractivity contribution in [3.8, 4) is 17.2 Å². The first-order chi connectivity index (χ1) is 9.85. The molecule has 0 N–H and O–H groups in total. The van der Waals surface area contributed by atoms with Crippen LogP contribution in [0.3, 0.4) is 0 Å². The summed E-state index contributed by atoms with van der Waals surface area (Å²) in [5, 5.41) is 0. The monoisotopic (exact) mass is 294 g/mol. The quantitative estimate of drug-likeness (QED) is 0.688. The molecule has 0 radical (unpaired) electrons. The van der Waals surface area contributed by atoms with Crippen molar-refractivity contribution in [2.45, 2.75) is 52.4 Å². The molecule has 0 heterocycles. The van der Waals surface area contributed by atoms with Gasteiger partial charge in [-0.25, -0.2) is 0 Å². The molecule has 0 saturated heterocycles. The highest BCUT2D eigenvalue weighted by molar-refractivity contribution is 5.55. The Morgan fingerprint density at radius 2 is 1.48 bits per heavy atom. The Balaban J connectivity index is 3.05. The number of ether oxygens (including phenoxy) is 3. The molecule has 0 unspecified atom stereocenters. The van der Waals surface area contributed by atoms with Crippen molar-refractivity contribution < 1.29 is 14.2 Å². The van der Waals surface area contributed by atoms with Gasteiger partial charge in [-0.15, -0.1) is 0 Å². The van der Waals surface area contributed by atoms with Gasteiger partial charge in [0.05, 0.1) is 21.3 Å². The van der Waals surface area contributed by atoms with Crippen molar-refractivity contribution in [3.05, 3.63) is 17.7 Å². The van der Waals surface area contributed by atoms with Crippen LogP contribution >= 0.6 is 0 Å². The van der Waals surface area contributed by atoms with E-state index in [0.717, 1.165) is 23.8 Å². The van der Waals surface area contributed by atoms with Crippen LogP contribution in [-0.4, -0.2) is 21.3 Å². The molecule has 0 bridgehead atoms. The first-order valence-electron chi connectivity index (χ1n) is 7.66. The molecule has 0 aliphatic heterocycles. The van der Waals surface area contributed by atoms with Gasteiger partial charge in [-0.2, -0.15) is 0 Å². The molecule has 0 aliphatic carbocycles. The number of methoxy groups -OCH3 is 3. The average Bonchev–Trinajstić information content (AvgIpc) is 2.44. The molecule has 0 saturated carbocycles. The summed E-state index contributed by atoms with van der Waals surface area (Å²) >= 11 is 0. The van der Waals surface area contributed by atoms with Crippen molar-refractivity contribution in [2.75, 3.05) is 21.3 Å². The minimum absolute atomic E-state index is 0.0850. The Hall–Kier alpha value is -1.38. The summed E-state index contributed by atoms with van der Waals surface area (Å²) in [6.45, 7) is 9.08. The number of hydrogen-bond acceptors (Lipinski definition) is 3. The van der Waals surface area contributed by atoms with Crippen molar-refractivity contribution in [1.29, 1.82) is 0 Å². The fraction of sp³-hybridized carbons (Fsp3) is 0.667. The highest BCUT2D eigenvalue weighted by atomic mass is 16.5. The lowest BCUT2D eigenvalue weighted by Crippen LogP contribution is -2.17. The summed E-state index contributed by atoms with van der Waals surface area (Å²) in [7, 11) is 4.95. The first kappa shape index (κ1) is 17.7. The maximum absolute atomic E-state index is 5.45. The Morgan fingerprint density at radius 3 is 1.86 bits per heavy atom. The SMILES string of the molecule is COc1cc(C(C)(C)CCCC(C)C)cc(OC)c1OC. The standard InChI is InChI=1S/C18H30O3/c1-13(2)9-8-10-18(3,4)14-11-15(19-5)17(21-7)16(12-14)20-6/h11-13H,8-10H2,1-7H3. The first-order valence-corrected chi connectivity index (χ1v) is 7.66. The summed E-state index contributed by atoms with van der Waals surface area (Å²) < 4.78 is 16.3. The fourth-order valence-electron chi connectivity index (χ4n) is 2.57. The lowest BCUT2D eigenvalue weighted by Gasteiger charge is -2.27. The molecule has 3 nitrogen and oxygen atoms in total. The lowest BCUT2D eigenvalue weighted by molar-refractivity contribution is 0.321. The van der Waals surface area contributed by atoms with Crippen molar-refractivity contribution in [3.63, 3.8) is 0 Å². The van der Waals surface area contributed by atoms with Crippen molar-refractivity contribution >= 4 is 0 Å². The molecule has 0 fully saturated rings. The van der Waals surface area contributed by atoms with Crippen LogP contribution in [0.15, 0.2) is 12.1 Å². The Labute approximate surface area is 129 Å². The van der Waals surface area contributed by atoms with E-state index in [-0.39, 0.29) is 5.41 Å². The van der Waals surface area contributed by atoms with Crippen LogP contribution in [0.4, 0.5) is 0 Å². The van der Waals surface area contributed by atoms with E-state index in [0.29, 0.717) is 5.75 Å². The van der Waals surface area contributed by atoms with Gasteiger partial charge in [-0.3, -0.25) is 0 Å². The van der Waals surface area contributed by atoms with E-state index in [2.05, 4.69) is 39.8 Å². The minimum atomic E-state index is 0.0850. The fourth-order valence-corrected chi connectivity index (χ4v) is 2.57. The summed E-state index contributed by atoms with van der Waals surface area (Å²) in [4.78, 5) is 0. The summed E-state index contributed by atoms with van der Waals surface area (Å²) in [6, 6.07) is 4.13. The molecular formula is C18H30O3. The number of benzene rings is 1. The van der Waals surface area contributed by atoms with Crippen LogP contribution in [0, 0.1) is 5.92 Å². The average molecular weight is 294 g/mol. The van der Waals surface area contributed by atoms with E-state index < -0.39 is 0 Å². The highest BCUT2D eigenvalue weighted by Gasteiger charge is 2.24.